The van der Waals surface area contributed by atoms with E-state index in [9.17, 15) is 4.79 Å². The van der Waals surface area contributed by atoms with Crippen LogP contribution < -0.4 is 5.32 Å². The molecule has 7 heteroatoms. The van der Waals surface area contributed by atoms with Crippen LogP contribution in [0.4, 0.5) is 0 Å². The van der Waals surface area contributed by atoms with Gasteiger partial charge in [-0.3, -0.25) is 4.79 Å². The molecule has 1 aliphatic rings. The van der Waals surface area contributed by atoms with Crippen LogP contribution >= 0.6 is 24.0 Å². The van der Waals surface area contributed by atoms with E-state index in [0.29, 0.717) is 16.5 Å². The van der Waals surface area contributed by atoms with Crippen molar-refractivity contribution in [1.82, 2.24) is 20.0 Å². The number of hydrogen-bond donors (Lipinski definition) is 1. The van der Waals surface area contributed by atoms with E-state index in [4.69, 9.17) is 11.6 Å². The summed E-state index contributed by atoms with van der Waals surface area (Å²) in [5.74, 6) is 0.722. The van der Waals surface area contributed by atoms with Crippen molar-refractivity contribution >= 4 is 29.9 Å². The number of piperidine rings is 1. The maximum atomic E-state index is 12.8. The summed E-state index contributed by atoms with van der Waals surface area (Å²) >= 11 is 6.25. The smallest absolute Gasteiger partial charge is 0.257 e. The van der Waals surface area contributed by atoms with Crippen LogP contribution in [0.1, 0.15) is 28.9 Å². The van der Waals surface area contributed by atoms with Crippen LogP contribution in [-0.2, 0) is 0 Å². The number of carbonyl (C=O) groups excluding carboxylic acids is 1. The van der Waals surface area contributed by atoms with Gasteiger partial charge in [0.1, 0.15) is 0 Å². The fourth-order valence-electron chi connectivity index (χ4n) is 3.29. The molecule has 3 rings (SSSR count). The molecular weight excluding hydrogens is 359 g/mol. The quantitative estimate of drug-likeness (QED) is 0.881. The van der Waals surface area contributed by atoms with Crippen molar-refractivity contribution in [2.75, 3.05) is 26.7 Å². The van der Waals surface area contributed by atoms with E-state index in [-0.39, 0.29) is 18.3 Å². The molecule has 25 heavy (non-hydrogen) atoms. The normalized spacial score (nSPS) is 15.1. The van der Waals surface area contributed by atoms with Gasteiger partial charge in [-0.2, -0.15) is 5.10 Å². The summed E-state index contributed by atoms with van der Waals surface area (Å²) in [5, 5.41) is 8.22. The summed E-state index contributed by atoms with van der Waals surface area (Å²) in [5.41, 5.74) is 2.27. The second-order valence-electron chi connectivity index (χ2n) is 6.30. The van der Waals surface area contributed by atoms with Gasteiger partial charge in [0.05, 0.1) is 28.2 Å². The molecule has 0 unspecified atom stereocenters. The van der Waals surface area contributed by atoms with Crippen LogP contribution in [0, 0.1) is 12.8 Å². The maximum Gasteiger partial charge on any atom is 0.257 e. The Hall–Kier alpha value is -1.56. The summed E-state index contributed by atoms with van der Waals surface area (Å²) in [7, 11) is 1.98. The molecule has 0 spiro atoms. The van der Waals surface area contributed by atoms with E-state index in [2.05, 4.69) is 10.4 Å². The zero-order chi connectivity index (χ0) is 17.1. The second kappa shape index (κ2) is 8.70. The van der Waals surface area contributed by atoms with Crippen LogP contribution in [0.5, 0.6) is 0 Å². The third kappa shape index (κ3) is 4.17. The summed E-state index contributed by atoms with van der Waals surface area (Å²) in [6.45, 7) is 4.55. The number of para-hydroxylation sites is 1. The van der Waals surface area contributed by atoms with E-state index in [0.717, 1.165) is 43.9 Å². The van der Waals surface area contributed by atoms with E-state index in [1.807, 2.05) is 43.1 Å². The molecule has 1 saturated heterocycles. The predicted molar refractivity (Wildman–Crippen MR) is 103 cm³/mol. The molecule has 0 saturated carbocycles. The lowest BCUT2D eigenvalue weighted by Gasteiger charge is -2.31. The van der Waals surface area contributed by atoms with Crippen LogP contribution in [0.3, 0.4) is 0 Å². The highest BCUT2D eigenvalue weighted by molar-refractivity contribution is 6.32. The topological polar surface area (TPSA) is 50.2 Å². The minimum atomic E-state index is 0. The number of nitrogens with one attached hydrogen (secondary N) is 1. The fourth-order valence-corrected chi connectivity index (χ4v) is 3.50. The summed E-state index contributed by atoms with van der Waals surface area (Å²) in [4.78, 5) is 14.8. The number of aromatic nitrogens is 2. The van der Waals surface area contributed by atoms with Crippen LogP contribution in [-0.4, -0.2) is 47.3 Å². The number of amides is 1. The largest absolute Gasteiger partial charge is 0.339 e. The summed E-state index contributed by atoms with van der Waals surface area (Å²) < 4.78 is 1.74. The Balaban J connectivity index is 0.00000225. The average molecular weight is 383 g/mol. The van der Waals surface area contributed by atoms with Crippen molar-refractivity contribution in [3.05, 3.63) is 46.7 Å². The van der Waals surface area contributed by atoms with Gasteiger partial charge in [0, 0.05) is 13.1 Å². The molecule has 1 aromatic heterocycles. The molecule has 5 nitrogen and oxygen atoms in total. The van der Waals surface area contributed by atoms with Crippen molar-refractivity contribution in [3.8, 4) is 5.69 Å². The number of halogens is 2. The Morgan fingerprint density at radius 3 is 2.64 bits per heavy atom. The van der Waals surface area contributed by atoms with Crippen LogP contribution in [0.25, 0.3) is 5.69 Å². The summed E-state index contributed by atoms with van der Waals surface area (Å²) in [6.07, 6.45) is 3.75. The average Bonchev–Trinajstić information content (AvgIpc) is 2.97. The van der Waals surface area contributed by atoms with Gasteiger partial charge in [-0.1, -0.05) is 23.7 Å². The fraction of sp³-hybridized carbons (Fsp3) is 0.444. The van der Waals surface area contributed by atoms with Gasteiger partial charge in [0.15, 0.2) is 0 Å². The van der Waals surface area contributed by atoms with Crippen molar-refractivity contribution < 1.29 is 4.79 Å². The first kappa shape index (κ1) is 19.8. The zero-order valence-corrected chi connectivity index (χ0v) is 16.1. The molecule has 136 valence electrons. The lowest BCUT2D eigenvalue weighted by molar-refractivity contribution is 0.0690. The van der Waals surface area contributed by atoms with Crippen LogP contribution in [0.2, 0.25) is 5.02 Å². The molecule has 1 N–H and O–H groups in total. The minimum Gasteiger partial charge on any atom is -0.339 e. The Morgan fingerprint density at radius 1 is 1.32 bits per heavy atom. The first-order valence-electron chi connectivity index (χ1n) is 8.35. The number of rotatable bonds is 4. The Labute approximate surface area is 159 Å². The molecule has 2 aromatic rings. The maximum absolute atomic E-state index is 12.8. The second-order valence-corrected chi connectivity index (χ2v) is 6.71. The molecule has 0 aliphatic carbocycles. The van der Waals surface area contributed by atoms with Gasteiger partial charge in [0.25, 0.3) is 5.91 Å². The first-order chi connectivity index (χ1) is 11.6. The monoisotopic (exact) mass is 382 g/mol. The lowest BCUT2D eigenvalue weighted by Crippen LogP contribution is -2.40. The number of hydrogen-bond acceptors (Lipinski definition) is 3. The standard InChI is InChI=1S/C18H23ClN4O.ClH/c1-13-15(12-21-23(13)17-6-4-3-5-16(17)19)18(24)22-9-7-14(8-10-22)11-20-2;/h3-6,12,14,20H,7-11H2,1-2H3;1H. The number of carbonyl (C=O) groups is 1. The minimum absolute atomic E-state index is 0. The van der Waals surface area contributed by atoms with Crippen LogP contribution in [0.15, 0.2) is 30.5 Å². The third-order valence-corrected chi connectivity index (χ3v) is 5.04. The number of likely N-dealkylation sites (tertiary alicyclic amines) is 1. The SMILES string of the molecule is CNCC1CCN(C(=O)c2cnn(-c3ccccc3Cl)c2C)CC1.Cl. The zero-order valence-electron chi connectivity index (χ0n) is 14.5. The van der Waals surface area contributed by atoms with E-state index >= 15 is 0 Å². The Kier molecular flexibility index (Phi) is 6.87. The van der Waals surface area contributed by atoms with Crippen molar-refractivity contribution in [3.63, 3.8) is 0 Å². The molecular formula is C18H24Cl2N4O. The van der Waals surface area contributed by atoms with Crippen molar-refractivity contribution in [1.29, 1.82) is 0 Å². The van der Waals surface area contributed by atoms with E-state index in [1.165, 1.54) is 0 Å². The molecule has 1 fully saturated rings. The van der Waals surface area contributed by atoms with E-state index in [1.54, 1.807) is 10.9 Å². The molecule has 0 radical (unpaired) electrons. The molecule has 0 bridgehead atoms. The third-order valence-electron chi connectivity index (χ3n) is 4.72. The highest BCUT2D eigenvalue weighted by Gasteiger charge is 2.26. The van der Waals surface area contributed by atoms with E-state index < -0.39 is 0 Å². The van der Waals surface area contributed by atoms with Crippen molar-refractivity contribution in [2.24, 2.45) is 5.92 Å². The lowest BCUT2D eigenvalue weighted by atomic mass is 9.96. The molecule has 1 aromatic carbocycles. The van der Waals surface area contributed by atoms with Gasteiger partial charge >= 0.3 is 0 Å². The van der Waals surface area contributed by atoms with Gasteiger partial charge in [-0.05, 0) is 51.4 Å². The highest BCUT2D eigenvalue weighted by Crippen LogP contribution is 2.24. The molecule has 0 atom stereocenters. The Morgan fingerprint density at radius 2 is 2.00 bits per heavy atom. The number of benzene rings is 1. The summed E-state index contributed by atoms with van der Waals surface area (Å²) in [6, 6.07) is 7.52. The van der Waals surface area contributed by atoms with Gasteiger partial charge in [0.2, 0.25) is 0 Å². The molecule has 2 heterocycles. The molecule has 1 aliphatic heterocycles. The van der Waals surface area contributed by atoms with Gasteiger partial charge in [-0.15, -0.1) is 12.4 Å². The van der Waals surface area contributed by atoms with Gasteiger partial charge < -0.3 is 10.2 Å². The van der Waals surface area contributed by atoms with Gasteiger partial charge in [-0.25, -0.2) is 4.68 Å². The first-order valence-corrected chi connectivity index (χ1v) is 8.73. The number of nitrogens with zero attached hydrogens (tertiary/aromatic N) is 3. The molecule has 1 amide bonds. The predicted octanol–water partition coefficient (Wildman–Crippen LogP) is 3.33. The Bertz CT molecular complexity index is 724. The van der Waals surface area contributed by atoms with Crippen molar-refractivity contribution in [2.45, 2.75) is 19.8 Å². The highest BCUT2D eigenvalue weighted by atomic mass is 35.5.